The summed E-state index contributed by atoms with van der Waals surface area (Å²) in [4.78, 5) is 0. The normalized spacial score (nSPS) is 23.3. The first-order valence-corrected chi connectivity index (χ1v) is 15.8. The Balaban J connectivity index is 1.29. The molecule has 0 bridgehead atoms. The van der Waals surface area contributed by atoms with Crippen molar-refractivity contribution in [3.05, 3.63) is 65.2 Å². The predicted octanol–water partition coefficient (Wildman–Crippen LogP) is 10.7. The molecule has 1 saturated heterocycles. The van der Waals surface area contributed by atoms with Gasteiger partial charge < -0.3 is 9.47 Å². The SMILES string of the molecule is CCCCCOc1ccc(-c2ccc(C3CCC(CC/C=C/C4CCC(CCC)CC4)OC3)c(F)c2F)c(F)c1F. The number of allylic oxidation sites excluding steroid dienone is 2. The number of hydrogen-bond acceptors (Lipinski definition) is 2. The van der Waals surface area contributed by atoms with Crippen molar-refractivity contribution in [2.45, 2.75) is 109 Å². The van der Waals surface area contributed by atoms with Crippen LogP contribution in [0.3, 0.4) is 0 Å². The lowest BCUT2D eigenvalue weighted by Crippen LogP contribution is -2.25. The van der Waals surface area contributed by atoms with Crippen molar-refractivity contribution in [1.29, 1.82) is 0 Å². The summed E-state index contributed by atoms with van der Waals surface area (Å²) in [6.07, 6.45) is 18.7. The monoisotopic (exact) mass is 574 g/mol. The zero-order chi connectivity index (χ0) is 29.2. The molecule has 4 rings (SSSR count). The van der Waals surface area contributed by atoms with Crippen LogP contribution in [0.15, 0.2) is 36.4 Å². The Kier molecular flexibility index (Phi) is 12.1. The fourth-order valence-electron chi connectivity index (χ4n) is 6.40. The van der Waals surface area contributed by atoms with E-state index in [2.05, 4.69) is 19.1 Å². The van der Waals surface area contributed by atoms with Crippen molar-refractivity contribution in [2.75, 3.05) is 13.2 Å². The molecule has 1 saturated carbocycles. The molecule has 0 amide bonds. The Hall–Kier alpha value is -2.34. The van der Waals surface area contributed by atoms with Crippen molar-refractivity contribution in [3.63, 3.8) is 0 Å². The number of ether oxygens (including phenoxy) is 2. The molecule has 2 aliphatic rings. The molecule has 1 heterocycles. The molecular weight excluding hydrogens is 528 g/mol. The highest BCUT2D eigenvalue weighted by molar-refractivity contribution is 5.66. The van der Waals surface area contributed by atoms with Gasteiger partial charge in [0, 0.05) is 17.0 Å². The van der Waals surface area contributed by atoms with Gasteiger partial charge in [0.2, 0.25) is 5.82 Å². The number of benzene rings is 2. The third kappa shape index (κ3) is 8.37. The van der Waals surface area contributed by atoms with Gasteiger partial charge in [-0.15, -0.1) is 0 Å². The first-order chi connectivity index (χ1) is 19.9. The molecule has 0 radical (unpaired) electrons. The van der Waals surface area contributed by atoms with E-state index in [0.717, 1.165) is 44.4 Å². The van der Waals surface area contributed by atoms with E-state index < -0.39 is 23.3 Å². The summed E-state index contributed by atoms with van der Waals surface area (Å²) in [5, 5.41) is 0. The summed E-state index contributed by atoms with van der Waals surface area (Å²) in [6.45, 7) is 4.89. The van der Waals surface area contributed by atoms with Crippen LogP contribution in [0.5, 0.6) is 5.75 Å². The lowest BCUT2D eigenvalue weighted by Gasteiger charge is -2.30. The molecule has 0 spiro atoms. The molecule has 0 N–H and O–H groups in total. The van der Waals surface area contributed by atoms with Crippen molar-refractivity contribution in [1.82, 2.24) is 0 Å². The van der Waals surface area contributed by atoms with Crippen LogP contribution in [0.25, 0.3) is 11.1 Å². The maximum absolute atomic E-state index is 15.2. The Morgan fingerprint density at radius 2 is 1.51 bits per heavy atom. The van der Waals surface area contributed by atoms with Crippen LogP contribution in [0.1, 0.15) is 109 Å². The van der Waals surface area contributed by atoms with Gasteiger partial charge in [-0.3, -0.25) is 0 Å². The van der Waals surface area contributed by atoms with Crippen LogP contribution in [0, 0.1) is 35.1 Å². The summed E-state index contributed by atoms with van der Waals surface area (Å²) in [5.74, 6) is -3.51. The molecule has 226 valence electrons. The second kappa shape index (κ2) is 15.8. The van der Waals surface area contributed by atoms with Crippen molar-refractivity contribution in [3.8, 4) is 16.9 Å². The molecule has 1 aliphatic carbocycles. The minimum absolute atomic E-state index is 0.114. The molecule has 6 heteroatoms. The van der Waals surface area contributed by atoms with E-state index in [4.69, 9.17) is 9.47 Å². The van der Waals surface area contributed by atoms with E-state index in [1.165, 1.54) is 62.8 Å². The van der Waals surface area contributed by atoms with Crippen LogP contribution in [-0.2, 0) is 4.74 Å². The fraction of sp³-hybridized carbons (Fsp3) is 0.600. The molecule has 2 unspecified atom stereocenters. The predicted molar refractivity (Wildman–Crippen MR) is 157 cm³/mol. The molecule has 1 aliphatic heterocycles. The van der Waals surface area contributed by atoms with Gasteiger partial charge in [-0.25, -0.2) is 13.2 Å². The highest BCUT2D eigenvalue weighted by Crippen LogP contribution is 2.37. The van der Waals surface area contributed by atoms with E-state index in [0.29, 0.717) is 18.9 Å². The number of halogens is 4. The summed E-state index contributed by atoms with van der Waals surface area (Å²) in [5.41, 5.74) is -0.408. The molecule has 0 aromatic heterocycles. The van der Waals surface area contributed by atoms with Crippen LogP contribution in [0.2, 0.25) is 0 Å². The molecule has 2 aromatic carbocycles. The summed E-state index contributed by atoms with van der Waals surface area (Å²) in [7, 11) is 0. The minimum Gasteiger partial charge on any atom is -0.490 e. The Morgan fingerprint density at radius 3 is 2.20 bits per heavy atom. The number of rotatable bonds is 13. The van der Waals surface area contributed by atoms with Gasteiger partial charge in [-0.2, -0.15) is 4.39 Å². The van der Waals surface area contributed by atoms with Gasteiger partial charge in [0.05, 0.1) is 19.3 Å². The van der Waals surface area contributed by atoms with Crippen LogP contribution >= 0.6 is 0 Å². The quantitative estimate of drug-likeness (QED) is 0.135. The number of hydrogen-bond donors (Lipinski definition) is 0. The van der Waals surface area contributed by atoms with E-state index in [-0.39, 0.29) is 41.1 Å². The lowest BCUT2D eigenvalue weighted by atomic mass is 9.80. The highest BCUT2D eigenvalue weighted by atomic mass is 19.2. The molecule has 2 aromatic rings. The van der Waals surface area contributed by atoms with Gasteiger partial charge in [-0.05, 0) is 87.3 Å². The third-order valence-corrected chi connectivity index (χ3v) is 8.92. The van der Waals surface area contributed by atoms with Crippen LogP contribution in [-0.4, -0.2) is 19.3 Å². The largest absolute Gasteiger partial charge is 0.490 e. The summed E-state index contributed by atoms with van der Waals surface area (Å²) >= 11 is 0. The average Bonchev–Trinajstić information content (AvgIpc) is 2.99. The van der Waals surface area contributed by atoms with Gasteiger partial charge >= 0.3 is 0 Å². The molecule has 2 atom stereocenters. The Labute approximate surface area is 243 Å². The summed E-state index contributed by atoms with van der Waals surface area (Å²) < 4.78 is 71.2. The van der Waals surface area contributed by atoms with Gasteiger partial charge in [-0.1, -0.05) is 63.8 Å². The van der Waals surface area contributed by atoms with Gasteiger partial charge in [0.25, 0.3) is 0 Å². The molecule has 2 nitrogen and oxygen atoms in total. The maximum atomic E-state index is 15.2. The van der Waals surface area contributed by atoms with E-state index >= 15 is 8.78 Å². The van der Waals surface area contributed by atoms with Crippen molar-refractivity contribution < 1.29 is 27.0 Å². The Bertz CT molecular complexity index is 1130. The summed E-state index contributed by atoms with van der Waals surface area (Å²) in [6, 6.07) is 5.32. The van der Waals surface area contributed by atoms with E-state index in [1.54, 1.807) is 0 Å². The first-order valence-electron chi connectivity index (χ1n) is 15.8. The van der Waals surface area contributed by atoms with Crippen molar-refractivity contribution in [2.24, 2.45) is 11.8 Å². The second-order valence-electron chi connectivity index (χ2n) is 11.9. The van der Waals surface area contributed by atoms with Crippen LogP contribution < -0.4 is 4.74 Å². The highest BCUT2D eigenvalue weighted by Gasteiger charge is 2.28. The zero-order valence-electron chi connectivity index (χ0n) is 24.7. The number of unbranched alkanes of at least 4 members (excludes halogenated alkanes) is 2. The zero-order valence-corrected chi connectivity index (χ0v) is 24.7. The topological polar surface area (TPSA) is 18.5 Å². The standard InChI is InChI=1S/C35H46F4O2/c1-3-5-8-22-40-31-21-20-30(34(38)35(31)39)29-19-18-28(32(36)33(29)37)26-16-17-27(41-23-26)11-7-6-10-25-14-12-24(9-4-2)13-15-25/h6,10,18-21,24-27H,3-5,7-9,11-17,22-23H2,1-2H3/b10-6+. The maximum Gasteiger partial charge on any atom is 0.201 e. The minimum atomic E-state index is -1.24. The van der Waals surface area contributed by atoms with E-state index in [9.17, 15) is 8.78 Å². The third-order valence-electron chi connectivity index (χ3n) is 8.92. The first kappa shape index (κ1) is 31.6. The molecule has 41 heavy (non-hydrogen) atoms. The Morgan fingerprint density at radius 1 is 0.780 bits per heavy atom. The fourth-order valence-corrected chi connectivity index (χ4v) is 6.40. The van der Waals surface area contributed by atoms with Gasteiger partial charge in [0.15, 0.2) is 23.2 Å². The molecule has 2 fully saturated rings. The lowest BCUT2D eigenvalue weighted by molar-refractivity contribution is -0.000910. The van der Waals surface area contributed by atoms with Gasteiger partial charge in [0.1, 0.15) is 0 Å². The molecular formula is C35H46F4O2. The average molecular weight is 575 g/mol. The second-order valence-corrected chi connectivity index (χ2v) is 11.9. The smallest absolute Gasteiger partial charge is 0.201 e. The van der Waals surface area contributed by atoms with Crippen LogP contribution in [0.4, 0.5) is 17.6 Å². The van der Waals surface area contributed by atoms with E-state index in [1.807, 2.05) is 6.92 Å². The van der Waals surface area contributed by atoms with Crippen molar-refractivity contribution >= 4 is 0 Å².